The molecule has 148 valence electrons. The fourth-order valence-corrected chi connectivity index (χ4v) is 4.50. The Bertz CT molecular complexity index is 1310. The highest BCUT2D eigenvalue weighted by atomic mass is 35.5. The van der Waals surface area contributed by atoms with Crippen molar-refractivity contribution in [2.24, 2.45) is 0 Å². The van der Waals surface area contributed by atoms with Crippen molar-refractivity contribution in [3.8, 4) is 5.75 Å². The first kappa shape index (κ1) is 19.4. The minimum atomic E-state index is -0.766. The van der Waals surface area contributed by atoms with Crippen molar-refractivity contribution in [2.75, 3.05) is 12.4 Å². The third-order valence-electron chi connectivity index (χ3n) is 4.81. The fraction of sp³-hybridized carbons (Fsp3) is 0.190. The molecule has 0 aliphatic heterocycles. The second kappa shape index (κ2) is 7.50. The lowest BCUT2D eigenvalue weighted by Crippen LogP contribution is -2.32. The maximum atomic E-state index is 13.0. The van der Waals surface area contributed by atoms with Crippen LogP contribution in [0.1, 0.15) is 18.5 Å². The van der Waals surface area contributed by atoms with Crippen LogP contribution in [0, 0.1) is 6.92 Å². The van der Waals surface area contributed by atoms with Gasteiger partial charge in [0, 0.05) is 16.5 Å². The van der Waals surface area contributed by atoms with E-state index in [1.165, 1.54) is 22.0 Å². The molecule has 0 bridgehead atoms. The van der Waals surface area contributed by atoms with Crippen molar-refractivity contribution in [1.29, 1.82) is 0 Å². The van der Waals surface area contributed by atoms with Gasteiger partial charge in [-0.3, -0.25) is 14.2 Å². The number of benzene rings is 2. The van der Waals surface area contributed by atoms with Crippen LogP contribution in [-0.4, -0.2) is 22.6 Å². The van der Waals surface area contributed by atoms with E-state index in [1.54, 1.807) is 38.3 Å². The van der Waals surface area contributed by atoms with Crippen LogP contribution in [0.5, 0.6) is 5.75 Å². The van der Waals surface area contributed by atoms with Crippen LogP contribution < -0.4 is 15.6 Å². The molecule has 0 radical (unpaired) electrons. The number of hydrogen-bond donors (Lipinski definition) is 1. The minimum absolute atomic E-state index is 0.266. The van der Waals surface area contributed by atoms with Gasteiger partial charge in [0.15, 0.2) is 5.13 Å². The number of rotatable bonds is 4. The average Bonchev–Trinajstić information content (AvgIpc) is 3.08. The lowest BCUT2D eigenvalue weighted by Gasteiger charge is -2.19. The molecule has 0 spiro atoms. The molecule has 2 aromatic heterocycles. The number of pyridine rings is 1. The maximum absolute atomic E-state index is 13.0. The number of nitrogens with one attached hydrogen (secondary N) is 1. The Morgan fingerprint density at radius 2 is 2.07 bits per heavy atom. The lowest BCUT2D eigenvalue weighted by atomic mass is 10.1. The number of halogens is 1. The molecule has 0 fully saturated rings. The molecule has 6 nitrogen and oxygen atoms in total. The molecule has 0 aliphatic rings. The minimum Gasteiger partial charge on any atom is -0.495 e. The molecule has 0 aliphatic carbocycles. The third-order valence-corrected chi connectivity index (χ3v) is 5.98. The Morgan fingerprint density at radius 1 is 1.28 bits per heavy atom. The van der Waals surface area contributed by atoms with Gasteiger partial charge in [0.25, 0.3) is 5.56 Å². The highest BCUT2D eigenvalue weighted by molar-refractivity contribution is 7.22. The number of ether oxygens (including phenoxy) is 1. The van der Waals surface area contributed by atoms with Crippen LogP contribution in [0.15, 0.2) is 47.3 Å². The molecular weight excluding hydrogens is 410 g/mol. The first-order chi connectivity index (χ1) is 13.9. The van der Waals surface area contributed by atoms with Crippen LogP contribution >= 0.6 is 22.9 Å². The van der Waals surface area contributed by atoms with E-state index in [1.807, 2.05) is 19.1 Å². The van der Waals surface area contributed by atoms with Crippen LogP contribution in [0.3, 0.4) is 0 Å². The Kier molecular flexibility index (Phi) is 5.02. The SMILES string of the molecule is COc1cccc2c(C)cc(=O)n(C(C)C(=O)Nc3nc4ccc(Cl)cc4s3)c12. The van der Waals surface area contributed by atoms with Gasteiger partial charge in [-0.2, -0.15) is 0 Å². The quantitative estimate of drug-likeness (QED) is 0.508. The van der Waals surface area contributed by atoms with E-state index in [0.717, 1.165) is 21.2 Å². The number of aryl methyl sites for hydroxylation is 1. The Morgan fingerprint density at radius 3 is 2.83 bits per heavy atom. The van der Waals surface area contributed by atoms with Gasteiger partial charge in [0.1, 0.15) is 11.8 Å². The number of anilines is 1. The van der Waals surface area contributed by atoms with Gasteiger partial charge in [-0.05, 0) is 43.7 Å². The van der Waals surface area contributed by atoms with Crippen LogP contribution in [0.4, 0.5) is 5.13 Å². The number of carbonyl (C=O) groups is 1. The number of nitrogens with zero attached hydrogens (tertiary/aromatic N) is 2. The topological polar surface area (TPSA) is 73.2 Å². The zero-order chi connectivity index (χ0) is 20.7. The molecule has 1 unspecified atom stereocenters. The molecule has 2 heterocycles. The molecule has 8 heteroatoms. The number of para-hydroxylation sites is 1. The van der Waals surface area contributed by atoms with Gasteiger partial charge >= 0.3 is 0 Å². The number of fused-ring (bicyclic) bond motifs is 2. The number of hydrogen-bond acceptors (Lipinski definition) is 5. The monoisotopic (exact) mass is 427 g/mol. The molecule has 29 heavy (non-hydrogen) atoms. The second-order valence-corrected chi connectivity index (χ2v) is 8.16. The lowest BCUT2D eigenvalue weighted by molar-refractivity contribution is -0.118. The predicted octanol–water partition coefficient (Wildman–Crippen LogP) is 4.78. The van der Waals surface area contributed by atoms with Crippen molar-refractivity contribution in [3.05, 3.63) is 63.4 Å². The zero-order valence-corrected chi connectivity index (χ0v) is 17.6. The first-order valence-corrected chi connectivity index (χ1v) is 10.1. The highest BCUT2D eigenvalue weighted by Crippen LogP contribution is 2.31. The fourth-order valence-electron chi connectivity index (χ4n) is 3.36. The Hall–Kier alpha value is -2.90. The smallest absolute Gasteiger partial charge is 0.252 e. The van der Waals surface area contributed by atoms with Gasteiger partial charge in [-0.25, -0.2) is 4.98 Å². The molecule has 4 aromatic rings. The van der Waals surface area contributed by atoms with E-state index in [-0.39, 0.29) is 11.5 Å². The van der Waals surface area contributed by atoms with Gasteiger partial charge < -0.3 is 10.1 Å². The van der Waals surface area contributed by atoms with E-state index in [2.05, 4.69) is 10.3 Å². The molecule has 0 saturated carbocycles. The van der Waals surface area contributed by atoms with Gasteiger partial charge in [0.2, 0.25) is 5.91 Å². The summed E-state index contributed by atoms with van der Waals surface area (Å²) in [5, 5.41) is 4.74. The average molecular weight is 428 g/mol. The summed E-state index contributed by atoms with van der Waals surface area (Å²) in [5.41, 5.74) is 1.91. The van der Waals surface area contributed by atoms with Crippen molar-refractivity contribution in [1.82, 2.24) is 9.55 Å². The number of aromatic nitrogens is 2. The second-order valence-electron chi connectivity index (χ2n) is 6.69. The normalized spacial score (nSPS) is 12.3. The summed E-state index contributed by atoms with van der Waals surface area (Å²) in [6, 6.07) is 11.7. The van der Waals surface area contributed by atoms with Crippen molar-refractivity contribution >= 4 is 55.1 Å². The largest absolute Gasteiger partial charge is 0.495 e. The maximum Gasteiger partial charge on any atom is 0.252 e. The number of carbonyl (C=O) groups excluding carboxylic acids is 1. The number of methoxy groups -OCH3 is 1. The van der Waals surface area contributed by atoms with E-state index >= 15 is 0 Å². The van der Waals surface area contributed by atoms with E-state index in [9.17, 15) is 9.59 Å². The van der Waals surface area contributed by atoms with Crippen LogP contribution in [0.2, 0.25) is 5.02 Å². The van der Waals surface area contributed by atoms with Gasteiger partial charge in [-0.1, -0.05) is 35.1 Å². The van der Waals surface area contributed by atoms with Crippen LogP contribution in [0.25, 0.3) is 21.1 Å². The Labute approximate surface area is 175 Å². The van der Waals surface area contributed by atoms with Crippen molar-refractivity contribution < 1.29 is 9.53 Å². The molecule has 1 N–H and O–H groups in total. The molecule has 0 saturated heterocycles. The highest BCUT2D eigenvalue weighted by Gasteiger charge is 2.22. The summed E-state index contributed by atoms with van der Waals surface area (Å²) in [7, 11) is 1.54. The molecule has 1 atom stereocenters. The van der Waals surface area contributed by atoms with Crippen LogP contribution in [-0.2, 0) is 4.79 Å². The van der Waals surface area contributed by atoms with Crippen molar-refractivity contribution in [3.63, 3.8) is 0 Å². The predicted molar refractivity (Wildman–Crippen MR) is 117 cm³/mol. The summed E-state index contributed by atoms with van der Waals surface area (Å²) < 4.78 is 7.80. The summed E-state index contributed by atoms with van der Waals surface area (Å²) in [4.78, 5) is 30.2. The van der Waals surface area contributed by atoms with E-state index < -0.39 is 6.04 Å². The summed E-state index contributed by atoms with van der Waals surface area (Å²) in [6.07, 6.45) is 0. The Balaban J connectivity index is 1.75. The van der Waals surface area contributed by atoms with E-state index in [0.29, 0.717) is 21.4 Å². The summed E-state index contributed by atoms with van der Waals surface area (Å²) in [6.45, 7) is 3.55. The summed E-state index contributed by atoms with van der Waals surface area (Å²) in [5.74, 6) is 0.200. The zero-order valence-electron chi connectivity index (χ0n) is 16.0. The van der Waals surface area contributed by atoms with Gasteiger partial charge in [0.05, 0.1) is 22.8 Å². The summed E-state index contributed by atoms with van der Waals surface area (Å²) >= 11 is 7.35. The van der Waals surface area contributed by atoms with Gasteiger partial charge in [-0.15, -0.1) is 0 Å². The van der Waals surface area contributed by atoms with E-state index in [4.69, 9.17) is 16.3 Å². The molecule has 2 aromatic carbocycles. The molecule has 1 amide bonds. The molecular formula is C21H18ClN3O3S. The number of thiazole rings is 1. The standard InChI is InChI=1S/C21H18ClN3O3S/c1-11-9-18(26)25(19-14(11)5-4-6-16(19)28-3)12(2)20(27)24-21-23-15-8-7-13(22)10-17(15)29-21/h4-10,12H,1-3H3,(H,23,24,27). The molecule has 4 rings (SSSR count). The first-order valence-electron chi connectivity index (χ1n) is 8.95. The third kappa shape index (κ3) is 3.47. The number of amides is 1. The van der Waals surface area contributed by atoms with Crippen molar-refractivity contribution in [2.45, 2.75) is 19.9 Å².